The van der Waals surface area contributed by atoms with E-state index in [2.05, 4.69) is 30.9 Å². The summed E-state index contributed by atoms with van der Waals surface area (Å²) in [7, 11) is 0. The Morgan fingerprint density at radius 3 is 2.72 bits per heavy atom. The highest BCUT2D eigenvalue weighted by atomic mass is 79.9. The van der Waals surface area contributed by atoms with Crippen molar-refractivity contribution >= 4 is 50.3 Å². The third-order valence-corrected chi connectivity index (χ3v) is 3.65. The lowest BCUT2D eigenvalue weighted by Crippen LogP contribution is -1.80. The third-order valence-electron chi connectivity index (χ3n) is 2.48. The summed E-state index contributed by atoms with van der Waals surface area (Å²) in [5, 5.41) is 0.671. The van der Waals surface area contributed by atoms with Crippen LogP contribution in [0.15, 0.2) is 34.8 Å². The van der Waals surface area contributed by atoms with Crippen LogP contribution in [0.5, 0.6) is 0 Å². The quantitative estimate of drug-likeness (QED) is 0.651. The van der Waals surface area contributed by atoms with E-state index in [0.29, 0.717) is 10.7 Å². The fraction of sp³-hybridized carbons (Fsp3) is 0. The molecule has 0 aliphatic carbocycles. The molecule has 0 spiro atoms. The van der Waals surface area contributed by atoms with Gasteiger partial charge in [-0.1, -0.05) is 51.3 Å². The molecule has 0 amide bonds. The van der Waals surface area contributed by atoms with E-state index in [1.165, 1.54) is 0 Å². The van der Waals surface area contributed by atoms with Crippen molar-refractivity contribution in [2.24, 2.45) is 0 Å². The van der Waals surface area contributed by atoms with Crippen LogP contribution < -0.4 is 0 Å². The summed E-state index contributed by atoms with van der Waals surface area (Å²) >= 11 is 15.2. The third kappa shape index (κ3) is 2.11. The van der Waals surface area contributed by atoms with Gasteiger partial charge in [-0.15, -0.1) is 0 Å². The molecule has 2 heterocycles. The molecule has 0 bridgehead atoms. The molecule has 3 nitrogen and oxygen atoms in total. The minimum Gasteiger partial charge on any atom is -0.337 e. The predicted molar refractivity (Wildman–Crippen MR) is 77.0 cm³/mol. The Labute approximate surface area is 121 Å². The molecule has 0 radical (unpaired) electrons. The van der Waals surface area contributed by atoms with Gasteiger partial charge in [-0.3, -0.25) is 0 Å². The van der Waals surface area contributed by atoms with Crippen LogP contribution in [0.2, 0.25) is 10.2 Å². The highest BCUT2D eigenvalue weighted by molar-refractivity contribution is 9.10. The number of H-pyrrole nitrogens is 1. The summed E-state index contributed by atoms with van der Waals surface area (Å²) in [5.41, 5.74) is 2.29. The molecule has 2 aromatic heterocycles. The minimum atomic E-state index is 0.261. The number of fused-ring (bicyclic) bond motifs is 1. The number of nitrogens with zero attached hydrogens (tertiary/aromatic N) is 2. The summed E-state index contributed by atoms with van der Waals surface area (Å²) < 4.78 is 0.990. The first kappa shape index (κ1) is 12.0. The molecule has 1 aromatic carbocycles. The van der Waals surface area contributed by atoms with Gasteiger partial charge in [0.05, 0.1) is 10.5 Å². The number of aromatic nitrogens is 3. The Kier molecular flexibility index (Phi) is 3.01. The standard InChI is InChI=1S/C12H6BrCl2N3/c13-7-3-1-2-6(4-7)11-16-9-5-8(14)10(15)17-12(9)18-11/h1-5H,(H,16,17,18). The van der Waals surface area contributed by atoms with Crippen molar-refractivity contribution in [3.63, 3.8) is 0 Å². The lowest BCUT2D eigenvalue weighted by Gasteiger charge is -1.96. The average Bonchev–Trinajstić information content (AvgIpc) is 2.73. The van der Waals surface area contributed by atoms with Gasteiger partial charge in [0.2, 0.25) is 0 Å². The van der Waals surface area contributed by atoms with Gasteiger partial charge >= 0.3 is 0 Å². The molecular formula is C12H6BrCl2N3. The predicted octanol–water partition coefficient (Wildman–Crippen LogP) is 4.69. The van der Waals surface area contributed by atoms with Crippen LogP contribution in [-0.2, 0) is 0 Å². The first-order valence-electron chi connectivity index (χ1n) is 5.11. The van der Waals surface area contributed by atoms with E-state index >= 15 is 0 Å². The molecule has 0 fully saturated rings. The Morgan fingerprint density at radius 1 is 1.11 bits per heavy atom. The Hall–Kier alpha value is -1.10. The SMILES string of the molecule is Clc1cc2[nH]c(-c3cccc(Br)c3)nc2nc1Cl. The van der Waals surface area contributed by atoms with Gasteiger partial charge in [-0.25, -0.2) is 9.97 Å². The van der Waals surface area contributed by atoms with Crippen LogP contribution in [0, 0.1) is 0 Å². The average molecular weight is 343 g/mol. The maximum Gasteiger partial charge on any atom is 0.179 e. The molecular weight excluding hydrogens is 337 g/mol. The van der Waals surface area contributed by atoms with E-state index in [1.54, 1.807) is 6.07 Å². The number of rotatable bonds is 1. The maximum atomic E-state index is 5.92. The number of hydrogen-bond donors (Lipinski definition) is 1. The second kappa shape index (κ2) is 4.53. The van der Waals surface area contributed by atoms with Crippen molar-refractivity contribution in [3.05, 3.63) is 45.0 Å². The number of nitrogens with one attached hydrogen (secondary N) is 1. The lowest BCUT2D eigenvalue weighted by atomic mass is 10.2. The maximum absolute atomic E-state index is 5.92. The summed E-state index contributed by atoms with van der Waals surface area (Å²) in [6.07, 6.45) is 0. The zero-order valence-corrected chi connectivity index (χ0v) is 12.0. The molecule has 18 heavy (non-hydrogen) atoms. The van der Waals surface area contributed by atoms with Crippen LogP contribution in [0.4, 0.5) is 0 Å². The van der Waals surface area contributed by atoms with Crippen LogP contribution in [0.3, 0.4) is 0 Å². The van der Waals surface area contributed by atoms with Crippen molar-refractivity contribution < 1.29 is 0 Å². The van der Waals surface area contributed by atoms with Crippen LogP contribution in [0.1, 0.15) is 0 Å². The number of imidazole rings is 1. The molecule has 3 aromatic rings. The number of benzene rings is 1. The summed E-state index contributed by atoms with van der Waals surface area (Å²) in [5.74, 6) is 0.733. The largest absolute Gasteiger partial charge is 0.337 e. The first-order valence-corrected chi connectivity index (χ1v) is 6.66. The fourth-order valence-electron chi connectivity index (χ4n) is 1.67. The molecule has 0 atom stereocenters. The van der Waals surface area contributed by atoms with Gasteiger partial charge in [0.25, 0.3) is 0 Å². The van der Waals surface area contributed by atoms with Crippen LogP contribution >= 0.6 is 39.1 Å². The molecule has 0 aliphatic heterocycles. The molecule has 0 saturated heterocycles. The van der Waals surface area contributed by atoms with Crippen molar-refractivity contribution in [3.8, 4) is 11.4 Å². The zero-order chi connectivity index (χ0) is 12.7. The number of aromatic amines is 1. The number of halogens is 3. The van der Waals surface area contributed by atoms with Crippen LogP contribution in [-0.4, -0.2) is 15.0 Å². The molecule has 6 heteroatoms. The van der Waals surface area contributed by atoms with E-state index in [0.717, 1.165) is 21.4 Å². The zero-order valence-electron chi connectivity index (χ0n) is 8.92. The fourth-order valence-corrected chi connectivity index (χ4v) is 2.35. The molecule has 0 aliphatic rings. The molecule has 3 rings (SSSR count). The van der Waals surface area contributed by atoms with Gasteiger partial charge in [0.15, 0.2) is 5.65 Å². The van der Waals surface area contributed by atoms with Crippen molar-refractivity contribution in [1.82, 2.24) is 15.0 Å². The second-order valence-electron chi connectivity index (χ2n) is 3.73. The van der Waals surface area contributed by atoms with E-state index in [4.69, 9.17) is 23.2 Å². The molecule has 0 unspecified atom stereocenters. The normalized spacial score (nSPS) is 11.1. The van der Waals surface area contributed by atoms with Gasteiger partial charge in [-0.2, -0.15) is 0 Å². The Morgan fingerprint density at radius 2 is 1.94 bits per heavy atom. The van der Waals surface area contributed by atoms with Gasteiger partial charge in [-0.05, 0) is 18.2 Å². The second-order valence-corrected chi connectivity index (χ2v) is 5.41. The molecule has 0 saturated carbocycles. The van der Waals surface area contributed by atoms with Crippen molar-refractivity contribution in [2.75, 3.05) is 0 Å². The Bertz CT molecular complexity index is 700. The van der Waals surface area contributed by atoms with Crippen molar-refractivity contribution in [2.45, 2.75) is 0 Å². The summed E-state index contributed by atoms with van der Waals surface area (Å²) in [6, 6.07) is 9.56. The van der Waals surface area contributed by atoms with E-state index in [-0.39, 0.29) is 5.15 Å². The Balaban J connectivity index is 2.19. The van der Waals surface area contributed by atoms with E-state index in [9.17, 15) is 0 Å². The minimum absolute atomic E-state index is 0.261. The van der Waals surface area contributed by atoms with Gasteiger partial charge in [0.1, 0.15) is 11.0 Å². The highest BCUT2D eigenvalue weighted by Crippen LogP contribution is 2.26. The first-order chi connectivity index (χ1) is 8.63. The monoisotopic (exact) mass is 341 g/mol. The molecule has 90 valence electrons. The number of hydrogen-bond acceptors (Lipinski definition) is 2. The number of pyridine rings is 1. The highest BCUT2D eigenvalue weighted by Gasteiger charge is 2.09. The van der Waals surface area contributed by atoms with Gasteiger partial charge < -0.3 is 4.98 Å². The summed E-state index contributed by atoms with van der Waals surface area (Å²) in [6.45, 7) is 0. The van der Waals surface area contributed by atoms with Crippen LogP contribution in [0.25, 0.3) is 22.6 Å². The van der Waals surface area contributed by atoms with Crippen molar-refractivity contribution in [1.29, 1.82) is 0 Å². The van der Waals surface area contributed by atoms with E-state index < -0.39 is 0 Å². The smallest absolute Gasteiger partial charge is 0.179 e. The summed E-state index contributed by atoms with van der Waals surface area (Å²) in [4.78, 5) is 11.7. The lowest BCUT2D eigenvalue weighted by molar-refractivity contribution is 1.30. The molecule has 1 N–H and O–H groups in total. The van der Waals surface area contributed by atoms with E-state index in [1.807, 2.05) is 24.3 Å². The topological polar surface area (TPSA) is 41.6 Å². The van der Waals surface area contributed by atoms with Gasteiger partial charge in [0, 0.05) is 10.0 Å².